The number of pyridine rings is 1. The molecule has 2 fully saturated rings. The lowest BCUT2D eigenvalue weighted by Gasteiger charge is -2.51. The average Bonchev–Trinajstić information content (AvgIpc) is 2.83. The molecule has 0 aromatic carbocycles. The van der Waals surface area contributed by atoms with E-state index in [9.17, 15) is 9.59 Å². The molecule has 0 bridgehead atoms. The number of aryl methyl sites for hydroxylation is 1. The van der Waals surface area contributed by atoms with E-state index in [1.165, 1.54) is 0 Å². The maximum Gasteiger partial charge on any atom is 0.272 e. The molecule has 0 radical (unpaired) electrons. The zero-order chi connectivity index (χ0) is 16.6. The first-order chi connectivity index (χ1) is 11.0. The maximum atomic E-state index is 13.0. The standard InChI is InChI=1S/C18H25N3O2/c1-4-15-18(11-9-16(22)20(18)3)10-6-12-21(15)17(23)14-8-5-7-13(2)19-14/h5,7-8,15H,4,6,9-12H2,1-3H3/t15-,18-/m0/s1. The molecule has 1 spiro atoms. The lowest BCUT2D eigenvalue weighted by atomic mass is 9.77. The highest BCUT2D eigenvalue weighted by Crippen LogP contribution is 2.42. The second kappa shape index (κ2) is 5.95. The summed E-state index contributed by atoms with van der Waals surface area (Å²) in [6, 6.07) is 5.63. The molecular weight excluding hydrogens is 290 g/mol. The van der Waals surface area contributed by atoms with Crippen molar-refractivity contribution in [1.82, 2.24) is 14.8 Å². The van der Waals surface area contributed by atoms with Gasteiger partial charge >= 0.3 is 0 Å². The van der Waals surface area contributed by atoms with Gasteiger partial charge in [-0.2, -0.15) is 0 Å². The first-order valence-corrected chi connectivity index (χ1v) is 8.51. The predicted octanol–water partition coefficient (Wildman–Crippen LogP) is 2.40. The van der Waals surface area contributed by atoms with Gasteiger partial charge in [0.1, 0.15) is 5.69 Å². The molecule has 0 saturated carbocycles. The summed E-state index contributed by atoms with van der Waals surface area (Å²) >= 11 is 0. The second-order valence-electron chi connectivity index (χ2n) is 6.75. The highest BCUT2D eigenvalue weighted by atomic mass is 16.2. The monoisotopic (exact) mass is 315 g/mol. The second-order valence-corrected chi connectivity index (χ2v) is 6.75. The summed E-state index contributed by atoms with van der Waals surface area (Å²) in [5, 5.41) is 0. The number of amides is 2. The van der Waals surface area contributed by atoms with E-state index >= 15 is 0 Å². The van der Waals surface area contributed by atoms with E-state index in [1.807, 2.05) is 35.9 Å². The molecule has 5 nitrogen and oxygen atoms in total. The van der Waals surface area contributed by atoms with Crippen LogP contribution in [-0.2, 0) is 4.79 Å². The van der Waals surface area contributed by atoms with Gasteiger partial charge in [-0.15, -0.1) is 0 Å². The Kier molecular flexibility index (Phi) is 4.13. The van der Waals surface area contributed by atoms with Crippen molar-refractivity contribution in [2.75, 3.05) is 13.6 Å². The molecular formula is C18H25N3O2. The van der Waals surface area contributed by atoms with Gasteiger partial charge in [-0.25, -0.2) is 4.98 Å². The molecule has 2 aliphatic rings. The van der Waals surface area contributed by atoms with Gasteiger partial charge in [0.2, 0.25) is 5.91 Å². The molecule has 2 saturated heterocycles. The van der Waals surface area contributed by atoms with Gasteiger partial charge in [-0.1, -0.05) is 13.0 Å². The summed E-state index contributed by atoms with van der Waals surface area (Å²) < 4.78 is 0. The van der Waals surface area contributed by atoms with Crippen LogP contribution in [0.15, 0.2) is 18.2 Å². The molecule has 5 heteroatoms. The highest BCUT2D eigenvalue weighted by Gasteiger charge is 2.52. The quantitative estimate of drug-likeness (QED) is 0.842. The largest absolute Gasteiger partial charge is 0.338 e. The molecule has 0 aliphatic carbocycles. The van der Waals surface area contributed by atoms with Crippen LogP contribution < -0.4 is 0 Å². The third kappa shape index (κ3) is 2.52. The fraction of sp³-hybridized carbons (Fsp3) is 0.611. The third-order valence-electron chi connectivity index (χ3n) is 5.57. The van der Waals surface area contributed by atoms with Crippen molar-refractivity contribution in [2.45, 2.75) is 57.5 Å². The molecule has 124 valence electrons. The Morgan fingerprint density at radius 3 is 2.78 bits per heavy atom. The van der Waals surface area contributed by atoms with Gasteiger partial charge in [0.05, 0.1) is 11.6 Å². The number of rotatable bonds is 2. The lowest BCUT2D eigenvalue weighted by Crippen LogP contribution is -2.63. The van der Waals surface area contributed by atoms with Crippen LogP contribution in [0.25, 0.3) is 0 Å². The van der Waals surface area contributed by atoms with Crippen LogP contribution in [0.5, 0.6) is 0 Å². The molecule has 0 N–H and O–H groups in total. The van der Waals surface area contributed by atoms with Crippen molar-refractivity contribution in [1.29, 1.82) is 0 Å². The van der Waals surface area contributed by atoms with Gasteiger partial charge < -0.3 is 9.80 Å². The number of likely N-dealkylation sites (N-methyl/N-ethyl adjacent to an activating group) is 1. The Balaban J connectivity index is 1.93. The fourth-order valence-corrected chi connectivity index (χ4v) is 4.41. The van der Waals surface area contributed by atoms with Crippen LogP contribution in [0, 0.1) is 6.92 Å². The minimum Gasteiger partial charge on any atom is -0.338 e. The van der Waals surface area contributed by atoms with Crippen molar-refractivity contribution in [2.24, 2.45) is 0 Å². The van der Waals surface area contributed by atoms with E-state index in [0.29, 0.717) is 12.1 Å². The van der Waals surface area contributed by atoms with Crippen LogP contribution in [-0.4, -0.2) is 51.8 Å². The van der Waals surface area contributed by atoms with Gasteiger partial charge in [-0.05, 0) is 44.7 Å². The molecule has 2 atom stereocenters. The first-order valence-electron chi connectivity index (χ1n) is 8.51. The number of aromatic nitrogens is 1. The molecule has 3 rings (SSSR count). The first kappa shape index (κ1) is 16.0. The van der Waals surface area contributed by atoms with Gasteiger partial charge in [-0.3, -0.25) is 9.59 Å². The van der Waals surface area contributed by atoms with Crippen LogP contribution in [0.2, 0.25) is 0 Å². The molecule has 2 aliphatic heterocycles. The van der Waals surface area contributed by atoms with Crippen LogP contribution in [0.4, 0.5) is 0 Å². The van der Waals surface area contributed by atoms with E-state index in [4.69, 9.17) is 0 Å². The van der Waals surface area contributed by atoms with Crippen molar-refractivity contribution in [3.05, 3.63) is 29.6 Å². The van der Waals surface area contributed by atoms with Crippen molar-refractivity contribution in [3.63, 3.8) is 0 Å². The minimum absolute atomic E-state index is 0.00706. The Morgan fingerprint density at radius 2 is 2.17 bits per heavy atom. The van der Waals surface area contributed by atoms with Gasteiger partial charge in [0.25, 0.3) is 5.91 Å². The van der Waals surface area contributed by atoms with E-state index in [-0.39, 0.29) is 23.4 Å². The van der Waals surface area contributed by atoms with E-state index in [1.54, 1.807) is 6.07 Å². The number of piperidine rings is 1. The van der Waals surface area contributed by atoms with E-state index < -0.39 is 0 Å². The molecule has 0 unspecified atom stereocenters. The normalized spacial score (nSPS) is 27.8. The maximum absolute atomic E-state index is 13.0. The Bertz CT molecular complexity index is 630. The van der Waals surface area contributed by atoms with E-state index in [0.717, 1.165) is 37.9 Å². The lowest BCUT2D eigenvalue weighted by molar-refractivity contribution is -0.132. The molecule has 23 heavy (non-hydrogen) atoms. The summed E-state index contributed by atoms with van der Waals surface area (Å²) in [4.78, 5) is 33.4. The summed E-state index contributed by atoms with van der Waals surface area (Å²) in [5.41, 5.74) is 1.17. The minimum atomic E-state index is -0.191. The Hall–Kier alpha value is -1.91. The summed E-state index contributed by atoms with van der Waals surface area (Å²) in [7, 11) is 1.90. The molecule has 1 aromatic rings. The number of carbonyl (C=O) groups is 2. The Labute approximate surface area is 137 Å². The summed E-state index contributed by atoms with van der Waals surface area (Å²) in [6.45, 7) is 4.75. The number of carbonyl (C=O) groups excluding carboxylic acids is 2. The van der Waals surface area contributed by atoms with Crippen LogP contribution >= 0.6 is 0 Å². The van der Waals surface area contributed by atoms with Crippen LogP contribution in [0.3, 0.4) is 0 Å². The van der Waals surface area contributed by atoms with Crippen LogP contribution in [0.1, 0.15) is 55.2 Å². The zero-order valence-electron chi connectivity index (χ0n) is 14.2. The van der Waals surface area contributed by atoms with Crippen molar-refractivity contribution >= 4 is 11.8 Å². The van der Waals surface area contributed by atoms with E-state index in [2.05, 4.69) is 11.9 Å². The average molecular weight is 315 g/mol. The van der Waals surface area contributed by atoms with Crippen molar-refractivity contribution in [3.8, 4) is 0 Å². The summed E-state index contributed by atoms with van der Waals surface area (Å²) in [6.07, 6.45) is 4.23. The van der Waals surface area contributed by atoms with Gasteiger partial charge in [0, 0.05) is 25.7 Å². The number of hydrogen-bond acceptors (Lipinski definition) is 3. The molecule has 1 aromatic heterocycles. The highest BCUT2D eigenvalue weighted by molar-refractivity contribution is 5.93. The zero-order valence-corrected chi connectivity index (χ0v) is 14.2. The predicted molar refractivity (Wildman–Crippen MR) is 88.1 cm³/mol. The van der Waals surface area contributed by atoms with Crippen molar-refractivity contribution < 1.29 is 9.59 Å². The smallest absolute Gasteiger partial charge is 0.272 e. The Morgan fingerprint density at radius 1 is 1.39 bits per heavy atom. The third-order valence-corrected chi connectivity index (χ3v) is 5.57. The number of nitrogens with zero attached hydrogens (tertiary/aromatic N) is 3. The molecule has 3 heterocycles. The molecule has 2 amide bonds. The fourth-order valence-electron chi connectivity index (χ4n) is 4.41. The van der Waals surface area contributed by atoms with Gasteiger partial charge in [0.15, 0.2) is 0 Å². The summed E-state index contributed by atoms with van der Waals surface area (Å²) in [5.74, 6) is 0.193. The SMILES string of the molecule is CC[C@@H]1N(C(=O)c2cccc(C)n2)CCC[C@]12CCC(=O)N2C. The topological polar surface area (TPSA) is 53.5 Å². The number of hydrogen-bond donors (Lipinski definition) is 0. The number of likely N-dealkylation sites (tertiary alicyclic amines) is 2.